The van der Waals surface area contributed by atoms with E-state index in [4.69, 9.17) is 9.47 Å². The Kier molecular flexibility index (Phi) is 3.87. The molecule has 1 aliphatic heterocycles. The smallest absolute Gasteiger partial charge is 0.196 e. The molecule has 2 heterocycles. The number of ketones is 1. The zero-order valence-electron chi connectivity index (χ0n) is 11.6. The molecule has 0 unspecified atom stereocenters. The average Bonchev–Trinajstić information content (AvgIpc) is 2.96. The van der Waals surface area contributed by atoms with Crippen LogP contribution in [0.25, 0.3) is 10.1 Å². The summed E-state index contributed by atoms with van der Waals surface area (Å²) in [6.07, 6.45) is 1.28. The molecule has 0 spiro atoms. The van der Waals surface area contributed by atoms with Gasteiger partial charge >= 0.3 is 0 Å². The molecule has 0 N–H and O–H groups in total. The number of carbonyl (C=O) groups is 1. The van der Waals surface area contributed by atoms with Crippen molar-refractivity contribution in [2.24, 2.45) is 0 Å². The maximum absolute atomic E-state index is 13.0. The van der Waals surface area contributed by atoms with E-state index in [1.54, 1.807) is 11.3 Å². The van der Waals surface area contributed by atoms with Crippen LogP contribution in [0.3, 0.4) is 0 Å². The highest BCUT2D eigenvalue weighted by Crippen LogP contribution is 2.33. The Morgan fingerprint density at radius 2 is 2.15 bits per heavy atom. The van der Waals surface area contributed by atoms with Gasteiger partial charge in [-0.3, -0.25) is 4.79 Å². The first-order valence-electron chi connectivity index (χ1n) is 6.99. The Hall–Kier alpha value is -1.23. The third-order valence-corrected chi connectivity index (χ3v) is 4.82. The summed E-state index contributed by atoms with van der Waals surface area (Å²) in [5, 5.41) is 3.15. The van der Waals surface area contributed by atoms with Gasteiger partial charge in [0.15, 0.2) is 5.78 Å². The first-order chi connectivity index (χ1) is 9.77. The zero-order valence-corrected chi connectivity index (χ0v) is 12.4. The zero-order chi connectivity index (χ0) is 14.0. The minimum absolute atomic E-state index is 0.107. The second-order valence-corrected chi connectivity index (χ2v) is 5.93. The van der Waals surface area contributed by atoms with Crippen LogP contribution in [0.15, 0.2) is 29.6 Å². The van der Waals surface area contributed by atoms with Crippen molar-refractivity contribution in [1.29, 1.82) is 0 Å². The molecule has 4 heteroatoms. The molecule has 1 fully saturated rings. The molecule has 0 radical (unpaired) electrons. The van der Waals surface area contributed by atoms with Gasteiger partial charge in [0.2, 0.25) is 0 Å². The fourth-order valence-electron chi connectivity index (χ4n) is 2.83. The van der Waals surface area contributed by atoms with Crippen LogP contribution >= 0.6 is 11.3 Å². The van der Waals surface area contributed by atoms with Crippen molar-refractivity contribution in [2.75, 3.05) is 19.8 Å². The molecular formula is C16H18O3S. The van der Waals surface area contributed by atoms with Gasteiger partial charge in [-0.2, -0.15) is 0 Å². The summed E-state index contributed by atoms with van der Waals surface area (Å²) in [6, 6.07) is 7.95. The van der Waals surface area contributed by atoms with Gasteiger partial charge in [-0.15, -0.1) is 11.3 Å². The van der Waals surface area contributed by atoms with E-state index in [0.717, 1.165) is 15.6 Å². The van der Waals surface area contributed by atoms with E-state index >= 15 is 0 Å². The Balaban J connectivity index is 2.03. The van der Waals surface area contributed by atoms with Crippen LogP contribution in [0, 0.1) is 0 Å². The van der Waals surface area contributed by atoms with Gasteiger partial charge in [-0.05, 0) is 29.8 Å². The molecule has 2 aromatic rings. The van der Waals surface area contributed by atoms with Gasteiger partial charge in [-0.25, -0.2) is 0 Å². The van der Waals surface area contributed by atoms with E-state index in [-0.39, 0.29) is 5.78 Å². The molecule has 0 aliphatic carbocycles. The number of ether oxygens (including phenoxy) is 2. The number of fused-ring (bicyclic) bond motifs is 1. The van der Waals surface area contributed by atoms with Crippen molar-refractivity contribution in [1.82, 2.24) is 0 Å². The van der Waals surface area contributed by atoms with Crippen molar-refractivity contribution in [2.45, 2.75) is 25.4 Å². The summed E-state index contributed by atoms with van der Waals surface area (Å²) in [5.41, 5.74) is 0.0819. The van der Waals surface area contributed by atoms with Crippen molar-refractivity contribution < 1.29 is 14.3 Å². The molecule has 20 heavy (non-hydrogen) atoms. The molecule has 3 rings (SSSR count). The van der Waals surface area contributed by atoms with Crippen molar-refractivity contribution in [3.63, 3.8) is 0 Å². The highest BCUT2D eigenvalue weighted by Gasteiger charge is 2.41. The SMILES string of the molecule is CCOC1(C(=O)c2cccc3ccsc23)CCOCC1. The first-order valence-corrected chi connectivity index (χ1v) is 7.87. The summed E-state index contributed by atoms with van der Waals surface area (Å²) >= 11 is 1.62. The lowest BCUT2D eigenvalue weighted by atomic mass is 9.85. The Morgan fingerprint density at radius 3 is 2.90 bits per heavy atom. The molecule has 1 saturated heterocycles. The number of thiophene rings is 1. The van der Waals surface area contributed by atoms with E-state index in [9.17, 15) is 4.79 Å². The lowest BCUT2D eigenvalue weighted by Gasteiger charge is -2.35. The van der Waals surface area contributed by atoms with Crippen LogP contribution in [-0.4, -0.2) is 31.2 Å². The van der Waals surface area contributed by atoms with E-state index in [1.807, 2.05) is 36.6 Å². The molecule has 1 aliphatic rings. The van der Waals surface area contributed by atoms with Crippen LogP contribution in [0.1, 0.15) is 30.1 Å². The highest BCUT2D eigenvalue weighted by atomic mass is 32.1. The molecule has 0 bridgehead atoms. The second kappa shape index (κ2) is 5.64. The fraction of sp³-hybridized carbons (Fsp3) is 0.438. The van der Waals surface area contributed by atoms with E-state index in [1.165, 1.54) is 0 Å². The van der Waals surface area contributed by atoms with E-state index in [0.29, 0.717) is 32.7 Å². The summed E-state index contributed by atoms with van der Waals surface area (Å²) in [7, 11) is 0. The number of benzene rings is 1. The molecule has 0 saturated carbocycles. The molecule has 1 aromatic heterocycles. The van der Waals surface area contributed by atoms with Gasteiger partial charge in [0, 0.05) is 42.9 Å². The number of hydrogen-bond acceptors (Lipinski definition) is 4. The third-order valence-electron chi connectivity index (χ3n) is 3.86. The largest absolute Gasteiger partial charge is 0.381 e. The number of rotatable bonds is 4. The Bertz CT molecular complexity index is 605. The predicted molar refractivity (Wildman–Crippen MR) is 80.6 cm³/mol. The van der Waals surface area contributed by atoms with Gasteiger partial charge in [-0.1, -0.05) is 12.1 Å². The number of hydrogen-bond donors (Lipinski definition) is 0. The monoisotopic (exact) mass is 290 g/mol. The Morgan fingerprint density at radius 1 is 1.35 bits per heavy atom. The summed E-state index contributed by atoms with van der Waals surface area (Å²) in [6.45, 7) is 3.67. The second-order valence-electron chi connectivity index (χ2n) is 5.01. The maximum atomic E-state index is 13.0. The molecule has 106 valence electrons. The molecule has 0 atom stereocenters. The standard InChI is InChI=1S/C16H18O3S/c1-2-19-16(7-9-18-10-8-16)15(17)13-5-3-4-12-6-11-20-14(12)13/h3-6,11H,2,7-10H2,1H3. The predicted octanol–water partition coefficient (Wildman–Crippen LogP) is 3.67. The van der Waals surface area contributed by atoms with Crippen LogP contribution in [0.2, 0.25) is 0 Å². The van der Waals surface area contributed by atoms with Gasteiger partial charge < -0.3 is 9.47 Å². The minimum Gasteiger partial charge on any atom is -0.381 e. The number of Topliss-reactive ketones (excluding diaryl/α,β-unsaturated/α-hetero) is 1. The van der Waals surface area contributed by atoms with Gasteiger partial charge in [0.05, 0.1) is 0 Å². The van der Waals surface area contributed by atoms with Crippen LogP contribution in [-0.2, 0) is 9.47 Å². The van der Waals surface area contributed by atoms with E-state index in [2.05, 4.69) is 0 Å². The van der Waals surface area contributed by atoms with Crippen LogP contribution in [0.4, 0.5) is 0 Å². The fourth-order valence-corrected chi connectivity index (χ4v) is 3.74. The summed E-state index contributed by atoms with van der Waals surface area (Å²) in [4.78, 5) is 13.0. The quantitative estimate of drug-likeness (QED) is 0.806. The van der Waals surface area contributed by atoms with Crippen LogP contribution < -0.4 is 0 Å². The lowest BCUT2D eigenvalue weighted by Crippen LogP contribution is -2.46. The number of carbonyl (C=O) groups excluding carboxylic acids is 1. The molecule has 3 nitrogen and oxygen atoms in total. The topological polar surface area (TPSA) is 35.5 Å². The molecule has 0 amide bonds. The summed E-state index contributed by atoms with van der Waals surface area (Å²) < 4.78 is 12.3. The first kappa shape index (κ1) is 13.7. The lowest BCUT2D eigenvalue weighted by molar-refractivity contribution is -0.0821. The maximum Gasteiger partial charge on any atom is 0.196 e. The van der Waals surface area contributed by atoms with Gasteiger partial charge in [0.1, 0.15) is 5.60 Å². The van der Waals surface area contributed by atoms with E-state index < -0.39 is 5.60 Å². The average molecular weight is 290 g/mol. The van der Waals surface area contributed by atoms with Crippen LogP contribution in [0.5, 0.6) is 0 Å². The normalized spacial score (nSPS) is 18.2. The van der Waals surface area contributed by atoms with Crippen molar-refractivity contribution in [3.05, 3.63) is 35.2 Å². The Labute approximate surface area is 122 Å². The van der Waals surface area contributed by atoms with Crippen molar-refractivity contribution in [3.8, 4) is 0 Å². The molecular weight excluding hydrogens is 272 g/mol. The highest BCUT2D eigenvalue weighted by molar-refractivity contribution is 7.17. The van der Waals surface area contributed by atoms with Crippen molar-refractivity contribution >= 4 is 27.2 Å². The third kappa shape index (κ3) is 2.28. The minimum atomic E-state index is -0.703. The van der Waals surface area contributed by atoms with Gasteiger partial charge in [0.25, 0.3) is 0 Å². The summed E-state index contributed by atoms with van der Waals surface area (Å²) in [5.74, 6) is 0.107. The molecule has 1 aromatic carbocycles.